The molecule has 0 atom stereocenters. The summed E-state index contributed by atoms with van der Waals surface area (Å²) in [6, 6.07) is 10.3. The molecule has 0 saturated heterocycles. The van der Waals surface area contributed by atoms with Crippen LogP contribution in [0, 0.1) is 11.6 Å². The van der Waals surface area contributed by atoms with Crippen LogP contribution >= 0.6 is 24.0 Å². The number of rotatable bonds is 6. The first-order valence-electron chi connectivity index (χ1n) is 6.87. The molecule has 0 unspecified atom stereocenters. The largest absolute Gasteiger partial charge is 0.497 e. The number of nitrogens with one attached hydrogen (secondary N) is 1. The number of benzene rings is 2. The van der Waals surface area contributed by atoms with Gasteiger partial charge in [-0.1, -0.05) is 0 Å². The quantitative estimate of drug-likeness (QED) is 0.307. The summed E-state index contributed by atoms with van der Waals surface area (Å²) in [5.74, 6) is -0.485. The predicted molar refractivity (Wildman–Crippen MR) is 100 cm³/mol. The van der Waals surface area contributed by atoms with Gasteiger partial charge < -0.3 is 20.5 Å². The van der Waals surface area contributed by atoms with Gasteiger partial charge in [-0.15, -0.1) is 24.0 Å². The second-order valence-electron chi connectivity index (χ2n) is 4.54. The van der Waals surface area contributed by atoms with E-state index in [4.69, 9.17) is 15.2 Å². The summed E-state index contributed by atoms with van der Waals surface area (Å²) in [5.41, 5.74) is 6.50. The van der Waals surface area contributed by atoms with Crippen molar-refractivity contribution in [2.24, 2.45) is 10.7 Å². The zero-order valence-electron chi connectivity index (χ0n) is 13.0. The number of guanidine groups is 1. The lowest BCUT2D eigenvalue weighted by Gasteiger charge is -2.08. The maximum absolute atomic E-state index is 13.3. The van der Waals surface area contributed by atoms with Crippen molar-refractivity contribution in [3.8, 4) is 11.5 Å². The first-order chi connectivity index (χ1) is 11.1. The third-order valence-electron chi connectivity index (χ3n) is 2.89. The summed E-state index contributed by atoms with van der Waals surface area (Å²) in [7, 11) is 1.59. The second kappa shape index (κ2) is 9.91. The molecule has 2 rings (SSSR count). The number of nitrogens with zero attached hydrogens (tertiary/aromatic N) is 1. The Morgan fingerprint density at radius 3 is 2.50 bits per heavy atom. The molecular formula is C16H18F2IN3O2. The van der Waals surface area contributed by atoms with Crippen molar-refractivity contribution in [2.45, 2.75) is 0 Å². The van der Waals surface area contributed by atoms with E-state index in [0.717, 1.165) is 23.6 Å². The Bertz CT molecular complexity index is 682. The van der Waals surface area contributed by atoms with Gasteiger partial charge in [-0.3, -0.25) is 0 Å². The number of ether oxygens (including phenoxy) is 2. The van der Waals surface area contributed by atoms with Crippen molar-refractivity contribution in [3.05, 3.63) is 54.1 Å². The number of halogens is 3. The van der Waals surface area contributed by atoms with E-state index >= 15 is 0 Å². The van der Waals surface area contributed by atoms with Gasteiger partial charge in [0.1, 0.15) is 18.2 Å². The van der Waals surface area contributed by atoms with Crippen molar-refractivity contribution in [1.82, 2.24) is 0 Å². The fourth-order valence-electron chi connectivity index (χ4n) is 1.78. The highest BCUT2D eigenvalue weighted by molar-refractivity contribution is 14.0. The van der Waals surface area contributed by atoms with Crippen LogP contribution in [0.2, 0.25) is 0 Å². The number of hydrogen-bond donors (Lipinski definition) is 2. The predicted octanol–water partition coefficient (Wildman–Crippen LogP) is 3.40. The van der Waals surface area contributed by atoms with Gasteiger partial charge in [0, 0.05) is 11.8 Å². The van der Waals surface area contributed by atoms with Crippen molar-refractivity contribution in [1.29, 1.82) is 0 Å². The highest BCUT2D eigenvalue weighted by atomic mass is 127. The lowest BCUT2D eigenvalue weighted by Crippen LogP contribution is -2.23. The van der Waals surface area contributed by atoms with Gasteiger partial charge in [0.05, 0.1) is 13.7 Å². The lowest BCUT2D eigenvalue weighted by atomic mass is 10.3. The third kappa shape index (κ3) is 6.19. The van der Waals surface area contributed by atoms with Crippen LogP contribution in [-0.4, -0.2) is 26.2 Å². The van der Waals surface area contributed by atoms with Gasteiger partial charge in [-0.2, -0.15) is 0 Å². The molecule has 2 aromatic rings. The second-order valence-corrected chi connectivity index (χ2v) is 4.54. The summed E-state index contributed by atoms with van der Waals surface area (Å²) >= 11 is 0. The molecule has 0 aliphatic carbocycles. The number of hydrogen-bond acceptors (Lipinski definition) is 3. The maximum Gasteiger partial charge on any atom is 0.193 e. The molecule has 3 N–H and O–H groups in total. The summed E-state index contributed by atoms with van der Waals surface area (Å²) < 4.78 is 36.3. The van der Waals surface area contributed by atoms with Crippen LogP contribution in [-0.2, 0) is 0 Å². The Labute approximate surface area is 155 Å². The standard InChI is InChI=1S/C16H17F2N3O2.HI/c1-22-13-5-3-12(4-6-13)21-16(19)20-8-9-23-15-7-2-11(17)10-14(15)18;/h2-7,10H,8-9H2,1H3,(H3,19,20,21);1H. The molecule has 0 saturated carbocycles. The van der Waals surface area contributed by atoms with Gasteiger partial charge >= 0.3 is 0 Å². The smallest absolute Gasteiger partial charge is 0.193 e. The molecule has 0 aromatic heterocycles. The van der Waals surface area contributed by atoms with Gasteiger partial charge in [0.2, 0.25) is 0 Å². The van der Waals surface area contributed by atoms with Crippen LogP contribution in [0.5, 0.6) is 11.5 Å². The minimum Gasteiger partial charge on any atom is -0.497 e. The Hall–Kier alpha value is -2.10. The molecule has 2 aromatic carbocycles. The maximum atomic E-state index is 13.3. The average molecular weight is 449 g/mol. The molecule has 130 valence electrons. The van der Waals surface area contributed by atoms with Crippen LogP contribution in [0.25, 0.3) is 0 Å². The van der Waals surface area contributed by atoms with E-state index in [1.165, 1.54) is 6.07 Å². The molecule has 0 aliphatic heterocycles. The highest BCUT2D eigenvalue weighted by Gasteiger charge is 2.04. The van der Waals surface area contributed by atoms with Crippen molar-refractivity contribution in [2.75, 3.05) is 25.6 Å². The Kier molecular flexibility index (Phi) is 8.24. The topological polar surface area (TPSA) is 68.9 Å². The first kappa shape index (κ1) is 19.9. The van der Waals surface area contributed by atoms with E-state index in [-0.39, 0.29) is 48.8 Å². The Morgan fingerprint density at radius 2 is 1.88 bits per heavy atom. The molecule has 0 heterocycles. The molecular weight excluding hydrogens is 431 g/mol. The van der Waals surface area contributed by atoms with Crippen LogP contribution in [0.3, 0.4) is 0 Å². The number of nitrogens with two attached hydrogens (primary N) is 1. The Morgan fingerprint density at radius 1 is 1.17 bits per heavy atom. The van der Waals surface area contributed by atoms with E-state index in [0.29, 0.717) is 0 Å². The number of aliphatic imine (C=N–C) groups is 1. The van der Waals surface area contributed by atoms with E-state index in [9.17, 15) is 8.78 Å². The molecule has 24 heavy (non-hydrogen) atoms. The zero-order chi connectivity index (χ0) is 16.7. The first-order valence-corrected chi connectivity index (χ1v) is 6.87. The lowest BCUT2D eigenvalue weighted by molar-refractivity contribution is 0.310. The zero-order valence-corrected chi connectivity index (χ0v) is 15.3. The van der Waals surface area contributed by atoms with Crippen LogP contribution in [0.4, 0.5) is 14.5 Å². The van der Waals surface area contributed by atoms with Crippen LogP contribution in [0.1, 0.15) is 0 Å². The van der Waals surface area contributed by atoms with Crippen molar-refractivity contribution < 1.29 is 18.3 Å². The van der Waals surface area contributed by atoms with Crippen molar-refractivity contribution in [3.63, 3.8) is 0 Å². The van der Waals surface area contributed by atoms with Gasteiger partial charge in [0.25, 0.3) is 0 Å². The number of methoxy groups -OCH3 is 1. The number of anilines is 1. The molecule has 0 bridgehead atoms. The molecule has 5 nitrogen and oxygen atoms in total. The van der Waals surface area contributed by atoms with Crippen LogP contribution < -0.4 is 20.5 Å². The average Bonchev–Trinajstić information content (AvgIpc) is 2.54. The van der Waals surface area contributed by atoms with Crippen molar-refractivity contribution >= 4 is 35.6 Å². The molecule has 0 fully saturated rings. The van der Waals surface area contributed by atoms with Crippen LogP contribution in [0.15, 0.2) is 47.5 Å². The third-order valence-corrected chi connectivity index (χ3v) is 2.89. The van der Waals surface area contributed by atoms with Gasteiger partial charge in [-0.05, 0) is 36.4 Å². The van der Waals surface area contributed by atoms with Gasteiger partial charge in [-0.25, -0.2) is 13.8 Å². The molecule has 0 radical (unpaired) electrons. The monoisotopic (exact) mass is 449 g/mol. The minimum atomic E-state index is -0.752. The minimum absolute atomic E-state index is 0. The summed E-state index contributed by atoms with van der Waals surface area (Å²) in [4.78, 5) is 4.05. The summed E-state index contributed by atoms with van der Waals surface area (Å²) in [5, 5.41) is 2.90. The van der Waals surface area contributed by atoms with Gasteiger partial charge in [0.15, 0.2) is 17.5 Å². The summed E-state index contributed by atoms with van der Waals surface area (Å²) in [6.07, 6.45) is 0. The SMILES string of the molecule is COc1ccc(NC(N)=NCCOc2ccc(F)cc2F)cc1.I. The van der Waals surface area contributed by atoms with E-state index in [1.807, 2.05) is 0 Å². The Balaban J connectivity index is 0.00000288. The molecule has 8 heteroatoms. The molecule has 0 spiro atoms. The van der Waals surface area contributed by atoms with E-state index < -0.39 is 11.6 Å². The summed E-state index contributed by atoms with van der Waals surface area (Å²) in [6.45, 7) is 0.347. The fourth-order valence-corrected chi connectivity index (χ4v) is 1.78. The highest BCUT2D eigenvalue weighted by Crippen LogP contribution is 2.17. The van der Waals surface area contributed by atoms with E-state index in [2.05, 4.69) is 10.3 Å². The van der Waals surface area contributed by atoms with E-state index in [1.54, 1.807) is 31.4 Å². The molecule has 0 amide bonds. The normalized spacial score (nSPS) is 10.7. The molecule has 0 aliphatic rings. The fraction of sp³-hybridized carbons (Fsp3) is 0.188.